The Labute approximate surface area is 160 Å². The van der Waals surface area contributed by atoms with E-state index in [1.165, 1.54) is 0 Å². The van der Waals surface area contributed by atoms with Crippen LogP contribution >= 0.6 is 22.9 Å². The SMILES string of the molecule is CCc1cc2c(=O)n(CCCC(N)=O)c(Cc3ccc(Cl)cc3)nc2s1. The molecule has 0 saturated heterocycles. The number of hydrogen-bond donors (Lipinski definition) is 1. The van der Waals surface area contributed by atoms with Crippen LogP contribution in [-0.4, -0.2) is 15.5 Å². The van der Waals surface area contributed by atoms with Crippen molar-refractivity contribution in [2.45, 2.75) is 39.2 Å². The Morgan fingerprint density at radius 2 is 2.04 bits per heavy atom. The molecule has 3 aromatic rings. The highest BCUT2D eigenvalue weighted by Gasteiger charge is 2.14. The van der Waals surface area contributed by atoms with E-state index < -0.39 is 0 Å². The summed E-state index contributed by atoms with van der Waals surface area (Å²) in [6, 6.07) is 9.43. The van der Waals surface area contributed by atoms with E-state index in [1.54, 1.807) is 15.9 Å². The number of primary amides is 1. The van der Waals surface area contributed by atoms with Crippen LogP contribution in [0.2, 0.25) is 5.02 Å². The molecule has 0 aliphatic heterocycles. The predicted molar refractivity (Wildman–Crippen MR) is 106 cm³/mol. The monoisotopic (exact) mass is 389 g/mol. The lowest BCUT2D eigenvalue weighted by atomic mass is 10.1. The van der Waals surface area contributed by atoms with E-state index >= 15 is 0 Å². The highest BCUT2D eigenvalue weighted by atomic mass is 35.5. The van der Waals surface area contributed by atoms with Gasteiger partial charge in [0.25, 0.3) is 5.56 Å². The quantitative estimate of drug-likeness (QED) is 0.671. The largest absolute Gasteiger partial charge is 0.370 e. The molecule has 0 unspecified atom stereocenters. The van der Waals surface area contributed by atoms with Crippen molar-refractivity contribution in [1.82, 2.24) is 9.55 Å². The Morgan fingerprint density at radius 1 is 1.31 bits per heavy atom. The molecular formula is C19H20ClN3O2S. The number of carbonyl (C=O) groups is 1. The van der Waals surface area contributed by atoms with Crippen molar-refractivity contribution < 1.29 is 4.79 Å². The number of benzene rings is 1. The van der Waals surface area contributed by atoms with Gasteiger partial charge in [-0.2, -0.15) is 0 Å². The summed E-state index contributed by atoms with van der Waals surface area (Å²) in [6.07, 6.45) is 2.16. The molecule has 0 atom stereocenters. The number of fused-ring (bicyclic) bond motifs is 1. The van der Waals surface area contributed by atoms with Crippen molar-refractivity contribution in [3.8, 4) is 0 Å². The Bertz CT molecular complexity index is 992. The van der Waals surface area contributed by atoms with Gasteiger partial charge in [-0.25, -0.2) is 4.98 Å². The van der Waals surface area contributed by atoms with Gasteiger partial charge < -0.3 is 5.73 Å². The average molecular weight is 390 g/mol. The van der Waals surface area contributed by atoms with Gasteiger partial charge in [0.1, 0.15) is 10.7 Å². The number of rotatable bonds is 7. The summed E-state index contributed by atoms with van der Waals surface area (Å²) in [5.41, 5.74) is 6.20. The molecule has 2 heterocycles. The molecule has 5 nitrogen and oxygen atoms in total. The van der Waals surface area contributed by atoms with E-state index in [-0.39, 0.29) is 17.9 Å². The van der Waals surface area contributed by atoms with E-state index in [0.717, 1.165) is 21.7 Å². The molecular weight excluding hydrogens is 370 g/mol. The highest BCUT2D eigenvalue weighted by molar-refractivity contribution is 7.18. The minimum Gasteiger partial charge on any atom is -0.370 e. The fourth-order valence-electron chi connectivity index (χ4n) is 2.84. The van der Waals surface area contributed by atoms with Gasteiger partial charge in [0.05, 0.1) is 5.39 Å². The van der Waals surface area contributed by atoms with Crippen LogP contribution in [0.25, 0.3) is 10.2 Å². The lowest BCUT2D eigenvalue weighted by Gasteiger charge is -2.12. The van der Waals surface area contributed by atoms with E-state index in [4.69, 9.17) is 22.3 Å². The topological polar surface area (TPSA) is 78.0 Å². The molecule has 0 saturated carbocycles. The van der Waals surface area contributed by atoms with Gasteiger partial charge in [-0.1, -0.05) is 30.7 Å². The molecule has 136 valence electrons. The first kappa shape index (κ1) is 18.6. The van der Waals surface area contributed by atoms with Crippen molar-refractivity contribution in [2.75, 3.05) is 0 Å². The first-order valence-electron chi connectivity index (χ1n) is 8.52. The van der Waals surface area contributed by atoms with Crippen LogP contribution in [0, 0.1) is 0 Å². The van der Waals surface area contributed by atoms with E-state index in [2.05, 4.69) is 6.92 Å². The van der Waals surface area contributed by atoms with Gasteiger partial charge in [0.2, 0.25) is 5.91 Å². The van der Waals surface area contributed by atoms with Crippen LogP contribution < -0.4 is 11.3 Å². The van der Waals surface area contributed by atoms with Gasteiger partial charge in [0.15, 0.2) is 0 Å². The van der Waals surface area contributed by atoms with Crippen LogP contribution in [-0.2, 0) is 24.2 Å². The molecule has 0 fully saturated rings. The van der Waals surface area contributed by atoms with Crippen LogP contribution in [0.1, 0.15) is 36.0 Å². The summed E-state index contributed by atoms with van der Waals surface area (Å²) in [5.74, 6) is 0.328. The van der Waals surface area contributed by atoms with Crippen LogP contribution in [0.15, 0.2) is 35.1 Å². The van der Waals surface area contributed by atoms with Gasteiger partial charge in [0, 0.05) is 29.3 Å². The lowest BCUT2D eigenvalue weighted by Crippen LogP contribution is -2.26. The maximum absolute atomic E-state index is 13.0. The van der Waals surface area contributed by atoms with Gasteiger partial charge in [-0.05, 0) is 36.6 Å². The maximum atomic E-state index is 13.0. The lowest BCUT2D eigenvalue weighted by molar-refractivity contribution is -0.118. The zero-order valence-corrected chi connectivity index (χ0v) is 16.1. The maximum Gasteiger partial charge on any atom is 0.262 e. The van der Waals surface area contributed by atoms with Crippen molar-refractivity contribution in [3.63, 3.8) is 0 Å². The molecule has 2 N–H and O–H groups in total. The molecule has 0 aliphatic carbocycles. The fraction of sp³-hybridized carbons (Fsp3) is 0.316. The number of carbonyl (C=O) groups excluding carboxylic acids is 1. The minimum atomic E-state index is -0.366. The second kappa shape index (κ2) is 8.01. The Morgan fingerprint density at radius 3 is 2.69 bits per heavy atom. The minimum absolute atomic E-state index is 0.0561. The van der Waals surface area contributed by atoms with E-state index in [1.807, 2.05) is 30.3 Å². The number of aryl methyl sites for hydroxylation is 1. The molecule has 0 spiro atoms. The number of amides is 1. The second-order valence-corrected chi connectivity index (χ2v) is 7.69. The molecule has 0 radical (unpaired) electrons. The standard InChI is InChI=1S/C19H20ClN3O2S/c1-2-14-11-15-18(26-14)22-17(10-12-5-7-13(20)8-6-12)23(19(15)25)9-3-4-16(21)24/h5-8,11H,2-4,9-10H2,1H3,(H2,21,24). The van der Waals surface area contributed by atoms with Gasteiger partial charge in [-0.15, -0.1) is 11.3 Å². The third-order valence-corrected chi connectivity index (χ3v) is 5.64. The average Bonchev–Trinajstić information content (AvgIpc) is 3.03. The second-order valence-electron chi connectivity index (χ2n) is 6.14. The number of hydrogen-bond acceptors (Lipinski definition) is 4. The highest BCUT2D eigenvalue weighted by Crippen LogP contribution is 2.23. The van der Waals surface area contributed by atoms with Crippen LogP contribution in [0.4, 0.5) is 0 Å². The molecule has 3 rings (SSSR count). The van der Waals surface area contributed by atoms with Crippen molar-refractivity contribution in [2.24, 2.45) is 5.73 Å². The number of aromatic nitrogens is 2. The third-order valence-electron chi connectivity index (χ3n) is 4.21. The van der Waals surface area contributed by atoms with E-state index in [9.17, 15) is 9.59 Å². The smallest absolute Gasteiger partial charge is 0.262 e. The number of nitrogens with two attached hydrogens (primary N) is 1. The van der Waals surface area contributed by atoms with Crippen molar-refractivity contribution >= 4 is 39.1 Å². The molecule has 2 aromatic heterocycles. The predicted octanol–water partition coefficient (Wildman–Crippen LogP) is 3.53. The fourth-order valence-corrected chi connectivity index (χ4v) is 3.95. The third kappa shape index (κ3) is 4.14. The van der Waals surface area contributed by atoms with Crippen molar-refractivity contribution in [3.05, 3.63) is 62.0 Å². The summed E-state index contributed by atoms with van der Waals surface area (Å²) in [5, 5.41) is 1.31. The zero-order valence-electron chi connectivity index (χ0n) is 14.5. The Kier molecular flexibility index (Phi) is 5.74. The van der Waals surface area contributed by atoms with Crippen LogP contribution in [0.5, 0.6) is 0 Å². The summed E-state index contributed by atoms with van der Waals surface area (Å²) in [6.45, 7) is 2.48. The molecule has 0 aliphatic rings. The molecule has 7 heteroatoms. The zero-order chi connectivity index (χ0) is 18.7. The summed E-state index contributed by atoms with van der Waals surface area (Å²) >= 11 is 7.51. The summed E-state index contributed by atoms with van der Waals surface area (Å²) in [4.78, 5) is 30.7. The first-order chi connectivity index (χ1) is 12.5. The molecule has 26 heavy (non-hydrogen) atoms. The number of halogens is 1. The first-order valence-corrected chi connectivity index (χ1v) is 9.72. The normalized spacial score (nSPS) is 11.2. The Hall–Kier alpha value is -2.18. The number of thiophene rings is 1. The van der Waals surface area contributed by atoms with Gasteiger partial charge in [-0.3, -0.25) is 14.2 Å². The van der Waals surface area contributed by atoms with Crippen molar-refractivity contribution in [1.29, 1.82) is 0 Å². The van der Waals surface area contributed by atoms with E-state index in [0.29, 0.717) is 35.6 Å². The molecule has 1 aromatic carbocycles. The summed E-state index contributed by atoms with van der Waals surface area (Å²) < 4.78 is 1.67. The number of nitrogens with zero attached hydrogens (tertiary/aromatic N) is 2. The molecule has 0 bridgehead atoms. The van der Waals surface area contributed by atoms with Crippen LogP contribution in [0.3, 0.4) is 0 Å². The Balaban J connectivity index is 2.03. The van der Waals surface area contributed by atoms with Gasteiger partial charge >= 0.3 is 0 Å². The molecule has 1 amide bonds. The summed E-state index contributed by atoms with van der Waals surface area (Å²) in [7, 11) is 0.